The Balaban J connectivity index is 1.53. The number of H-pyrrole nitrogens is 1. The van der Waals surface area contributed by atoms with Crippen LogP contribution in [0.5, 0.6) is 0 Å². The number of nitrogens with one attached hydrogen (secondary N) is 3. The predicted molar refractivity (Wildman–Crippen MR) is 91.8 cm³/mol. The van der Waals surface area contributed by atoms with Gasteiger partial charge < -0.3 is 15.6 Å². The van der Waals surface area contributed by atoms with Crippen LogP contribution in [0.1, 0.15) is 17.3 Å². The van der Waals surface area contributed by atoms with Crippen molar-refractivity contribution in [3.05, 3.63) is 42.0 Å². The van der Waals surface area contributed by atoms with Gasteiger partial charge >= 0.3 is 0 Å². The molecule has 1 fully saturated rings. The van der Waals surface area contributed by atoms with Crippen molar-refractivity contribution in [2.45, 2.75) is 12.8 Å². The van der Waals surface area contributed by atoms with E-state index in [4.69, 9.17) is 0 Å². The first-order valence-corrected chi connectivity index (χ1v) is 8.06. The lowest BCUT2D eigenvalue weighted by molar-refractivity contribution is -0.119. The van der Waals surface area contributed by atoms with E-state index in [2.05, 4.69) is 25.7 Å². The summed E-state index contributed by atoms with van der Waals surface area (Å²) in [6, 6.07) is 5.73. The molecule has 2 aromatic heterocycles. The quantitative estimate of drug-likeness (QED) is 0.682. The molecule has 1 aliphatic heterocycles. The molecule has 1 aromatic carbocycles. The summed E-state index contributed by atoms with van der Waals surface area (Å²) in [5.41, 5.74) is 3.72. The lowest BCUT2D eigenvalue weighted by Crippen LogP contribution is -2.28. The number of aryl methyl sites for hydroxylation is 2. The smallest absolute Gasteiger partial charge is 0.229 e. The topological polar surface area (TPSA) is 87.6 Å². The highest BCUT2D eigenvalue weighted by Gasteiger charge is 2.34. The van der Waals surface area contributed by atoms with Gasteiger partial charge in [0, 0.05) is 37.9 Å². The number of hydrogen-bond acceptors (Lipinski definition) is 4. The molecule has 0 aliphatic carbocycles. The number of carbonyl (C=O) groups is 1. The molecule has 3 aromatic rings. The van der Waals surface area contributed by atoms with E-state index in [1.165, 1.54) is 0 Å². The zero-order valence-electron chi connectivity index (χ0n) is 13.7. The molecule has 0 spiro atoms. The van der Waals surface area contributed by atoms with E-state index < -0.39 is 0 Å². The number of fused-ring (bicyclic) bond motifs is 1. The molecule has 124 valence electrons. The summed E-state index contributed by atoms with van der Waals surface area (Å²) in [5.74, 6) is 0.944. The standard InChI is InChI=1S/C17H20N6O/c1-10-20-15-4-3-12(5-16(15)21-10)22-17(24)14-8-18-7-13(14)11-6-19-23(2)9-11/h3-6,9,13-14,18H,7-8H2,1-2H3,(H,20,21)(H,22,24)/t13-,14+/m1/s1. The fourth-order valence-electron chi connectivity index (χ4n) is 3.39. The summed E-state index contributed by atoms with van der Waals surface area (Å²) in [7, 11) is 1.89. The minimum absolute atomic E-state index is 0.0319. The number of aromatic nitrogens is 4. The van der Waals surface area contributed by atoms with Gasteiger partial charge in [-0.3, -0.25) is 9.48 Å². The molecule has 1 aliphatic rings. The van der Waals surface area contributed by atoms with Crippen molar-refractivity contribution in [1.29, 1.82) is 0 Å². The molecule has 0 radical (unpaired) electrons. The average molecular weight is 324 g/mol. The van der Waals surface area contributed by atoms with Crippen LogP contribution in [0.25, 0.3) is 11.0 Å². The number of carbonyl (C=O) groups excluding carboxylic acids is 1. The van der Waals surface area contributed by atoms with E-state index in [-0.39, 0.29) is 17.7 Å². The van der Waals surface area contributed by atoms with Crippen molar-refractivity contribution in [3.8, 4) is 0 Å². The minimum Gasteiger partial charge on any atom is -0.342 e. The van der Waals surface area contributed by atoms with Crippen LogP contribution in [-0.4, -0.2) is 38.7 Å². The number of rotatable bonds is 3. The van der Waals surface area contributed by atoms with Crippen LogP contribution in [-0.2, 0) is 11.8 Å². The highest BCUT2D eigenvalue weighted by Crippen LogP contribution is 2.29. The zero-order valence-corrected chi connectivity index (χ0v) is 13.7. The molecule has 0 unspecified atom stereocenters. The van der Waals surface area contributed by atoms with Gasteiger partial charge in [-0.2, -0.15) is 5.10 Å². The molecule has 7 nitrogen and oxygen atoms in total. The Morgan fingerprint density at radius 2 is 2.25 bits per heavy atom. The number of nitrogens with zero attached hydrogens (tertiary/aromatic N) is 3. The Morgan fingerprint density at radius 1 is 1.38 bits per heavy atom. The van der Waals surface area contributed by atoms with E-state index in [0.717, 1.165) is 34.7 Å². The summed E-state index contributed by atoms with van der Waals surface area (Å²) >= 11 is 0. The molecule has 0 saturated carbocycles. The number of amides is 1. The van der Waals surface area contributed by atoms with Crippen LogP contribution < -0.4 is 10.6 Å². The first kappa shape index (κ1) is 14.9. The number of imidazole rings is 1. The van der Waals surface area contributed by atoms with Gasteiger partial charge in [0.05, 0.1) is 23.1 Å². The van der Waals surface area contributed by atoms with Crippen LogP contribution in [0.15, 0.2) is 30.6 Å². The van der Waals surface area contributed by atoms with E-state index in [0.29, 0.717) is 6.54 Å². The normalized spacial score (nSPS) is 20.6. The molecule has 1 saturated heterocycles. The monoisotopic (exact) mass is 324 g/mol. The van der Waals surface area contributed by atoms with E-state index >= 15 is 0 Å². The van der Waals surface area contributed by atoms with E-state index in [9.17, 15) is 4.79 Å². The van der Waals surface area contributed by atoms with Crippen molar-refractivity contribution in [1.82, 2.24) is 25.1 Å². The van der Waals surface area contributed by atoms with Crippen LogP contribution in [0.4, 0.5) is 5.69 Å². The number of benzene rings is 1. The van der Waals surface area contributed by atoms with Crippen LogP contribution in [0, 0.1) is 12.8 Å². The third-order valence-electron chi connectivity index (χ3n) is 4.57. The minimum atomic E-state index is -0.103. The van der Waals surface area contributed by atoms with Crippen LogP contribution in [0.2, 0.25) is 0 Å². The molecule has 2 atom stereocenters. The number of hydrogen-bond donors (Lipinski definition) is 3. The van der Waals surface area contributed by atoms with Gasteiger partial charge in [-0.15, -0.1) is 0 Å². The second-order valence-electron chi connectivity index (χ2n) is 6.36. The van der Waals surface area contributed by atoms with Crippen LogP contribution >= 0.6 is 0 Å². The molecule has 1 amide bonds. The first-order valence-electron chi connectivity index (χ1n) is 8.06. The third-order valence-corrected chi connectivity index (χ3v) is 4.57. The van der Waals surface area contributed by atoms with Crippen molar-refractivity contribution >= 4 is 22.6 Å². The zero-order chi connectivity index (χ0) is 16.7. The van der Waals surface area contributed by atoms with Gasteiger partial charge in [0.25, 0.3) is 0 Å². The maximum atomic E-state index is 12.7. The molecular weight excluding hydrogens is 304 g/mol. The molecule has 24 heavy (non-hydrogen) atoms. The van der Waals surface area contributed by atoms with Gasteiger partial charge in [0.1, 0.15) is 5.82 Å². The molecule has 4 rings (SSSR count). The molecule has 0 bridgehead atoms. The van der Waals surface area contributed by atoms with Gasteiger partial charge in [-0.05, 0) is 30.7 Å². The Morgan fingerprint density at radius 3 is 3.04 bits per heavy atom. The Bertz CT molecular complexity index is 896. The van der Waals surface area contributed by atoms with Gasteiger partial charge in [0.15, 0.2) is 0 Å². The second kappa shape index (κ2) is 5.76. The highest BCUT2D eigenvalue weighted by atomic mass is 16.1. The largest absolute Gasteiger partial charge is 0.342 e. The van der Waals surface area contributed by atoms with Gasteiger partial charge in [-0.1, -0.05) is 0 Å². The van der Waals surface area contributed by atoms with Crippen molar-refractivity contribution in [2.75, 3.05) is 18.4 Å². The fourth-order valence-corrected chi connectivity index (χ4v) is 3.39. The Hall–Kier alpha value is -2.67. The summed E-state index contributed by atoms with van der Waals surface area (Å²) < 4.78 is 1.77. The summed E-state index contributed by atoms with van der Waals surface area (Å²) in [4.78, 5) is 20.3. The maximum Gasteiger partial charge on any atom is 0.229 e. The predicted octanol–water partition coefficient (Wildman–Crippen LogP) is 1.55. The van der Waals surface area contributed by atoms with Gasteiger partial charge in [0.2, 0.25) is 5.91 Å². The molecule has 7 heteroatoms. The first-order chi connectivity index (χ1) is 11.6. The van der Waals surface area contributed by atoms with Crippen molar-refractivity contribution in [2.24, 2.45) is 13.0 Å². The third kappa shape index (κ3) is 2.67. The highest BCUT2D eigenvalue weighted by molar-refractivity contribution is 5.95. The summed E-state index contributed by atoms with van der Waals surface area (Å²) in [6.07, 6.45) is 3.83. The Labute approximate surface area is 139 Å². The lowest BCUT2D eigenvalue weighted by atomic mass is 9.90. The van der Waals surface area contributed by atoms with Crippen molar-refractivity contribution in [3.63, 3.8) is 0 Å². The molecule has 3 N–H and O–H groups in total. The SMILES string of the molecule is Cc1nc2ccc(NC(=O)[C@H]3CNC[C@@H]3c3cnn(C)c3)cc2[nH]1. The van der Waals surface area contributed by atoms with Crippen LogP contribution in [0.3, 0.4) is 0 Å². The van der Waals surface area contributed by atoms with E-state index in [1.807, 2.05) is 44.6 Å². The van der Waals surface area contributed by atoms with E-state index in [1.54, 1.807) is 4.68 Å². The molecular formula is C17H20N6O. The van der Waals surface area contributed by atoms with Crippen molar-refractivity contribution < 1.29 is 4.79 Å². The number of anilines is 1. The fraction of sp³-hybridized carbons (Fsp3) is 0.353. The maximum absolute atomic E-state index is 12.7. The lowest BCUT2D eigenvalue weighted by Gasteiger charge is -2.17. The second-order valence-corrected chi connectivity index (χ2v) is 6.36. The average Bonchev–Trinajstić information content (AvgIpc) is 3.24. The Kier molecular flexibility index (Phi) is 3.57. The molecule has 3 heterocycles. The van der Waals surface area contributed by atoms with Gasteiger partial charge in [-0.25, -0.2) is 4.98 Å². The summed E-state index contributed by atoms with van der Waals surface area (Å²) in [5, 5.41) is 10.6. The summed E-state index contributed by atoms with van der Waals surface area (Å²) in [6.45, 7) is 3.39. The number of aromatic amines is 1.